The monoisotopic (exact) mass is 303 g/mol. The molecule has 1 aliphatic carbocycles. The van der Waals surface area contributed by atoms with E-state index in [0.717, 1.165) is 23.5 Å². The summed E-state index contributed by atoms with van der Waals surface area (Å²) >= 11 is 6.01. The van der Waals surface area contributed by atoms with E-state index in [1.54, 1.807) is 13.2 Å². The molecule has 0 bridgehead atoms. The van der Waals surface area contributed by atoms with Crippen LogP contribution >= 0.6 is 11.6 Å². The lowest BCUT2D eigenvalue weighted by molar-refractivity contribution is 0.416. The van der Waals surface area contributed by atoms with Crippen LogP contribution in [0.3, 0.4) is 0 Å². The van der Waals surface area contributed by atoms with Crippen LogP contribution in [0, 0.1) is 6.92 Å². The first-order valence-electron chi connectivity index (χ1n) is 7.07. The van der Waals surface area contributed by atoms with Crippen LogP contribution in [0.15, 0.2) is 24.3 Å². The Labute approximate surface area is 129 Å². The van der Waals surface area contributed by atoms with E-state index in [2.05, 4.69) is 15.3 Å². The lowest BCUT2D eigenvalue weighted by Crippen LogP contribution is -2.16. The number of ether oxygens (including phenoxy) is 1. The number of nitrogens with zero attached hydrogens (tertiary/aromatic N) is 2. The number of hydrogen-bond donors (Lipinski definition) is 1. The Hall–Kier alpha value is -1.65. The Bertz CT molecular complexity index is 656. The first-order valence-corrected chi connectivity index (χ1v) is 7.45. The maximum Gasteiger partial charge on any atom is 0.163 e. The molecule has 0 unspecified atom stereocenters. The van der Waals surface area contributed by atoms with Crippen LogP contribution in [0.2, 0.25) is 5.02 Å². The van der Waals surface area contributed by atoms with Crippen LogP contribution in [-0.4, -0.2) is 23.1 Å². The van der Waals surface area contributed by atoms with Gasteiger partial charge in [-0.2, -0.15) is 0 Å². The fourth-order valence-electron chi connectivity index (χ4n) is 2.23. The summed E-state index contributed by atoms with van der Waals surface area (Å²) in [7, 11) is 1.63. The van der Waals surface area contributed by atoms with Crippen LogP contribution in [0.25, 0.3) is 11.4 Å². The van der Waals surface area contributed by atoms with E-state index in [-0.39, 0.29) is 0 Å². The summed E-state index contributed by atoms with van der Waals surface area (Å²) in [6.45, 7) is 2.76. The van der Waals surface area contributed by atoms with E-state index in [0.29, 0.717) is 22.6 Å². The predicted octanol–water partition coefficient (Wildman–Crippen LogP) is 3.37. The molecular weight excluding hydrogens is 286 g/mol. The molecule has 1 heterocycles. The van der Waals surface area contributed by atoms with Gasteiger partial charge in [-0.3, -0.25) is 0 Å². The van der Waals surface area contributed by atoms with E-state index in [9.17, 15) is 0 Å². The summed E-state index contributed by atoms with van der Waals surface area (Å²) in [5, 5.41) is 4.11. The molecule has 2 aromatic rings. The second-order valence-corrected chi connectivity index (χ2v) is 5.76. The number of rotatable bonds is 5. The molecule has 1 N–H and O–H groups in total. The van der Waals surface area contributed by atoms with Crippen LogP contribution in [-0.2, 0) is 6.54 Å². The third kappa shape index (κ3) is 3.52. The molecule has 5 heteroatoms. The Kier molecular flexibility index (Phi) is 4.08. The first-order chi connectivity index (χ1) is 10.2. The fraction of sp³-hybridized carbons (Fsp3) is 0.375. The van der Waals surface area contributed by atoms with Crippen molar-refractivity contribution in [2.75, 3.05) is 7.11 Å². The molecule has 3 rings (SSSR count). The normalized spacial score (nSPS) is 14.2. The number of aromatic nitrogens is 2. The zero-order valence-electron chi connectivity index (χ0n) is 12.2. The maximum absolute atomic E-state index is 6.01. The van der Waals surface area contributed by atoms with E-state index in [1.165, 1.54) is 12.8 Å². The molecule has 1 fully saturated rings. The highest BCUT2D eigenvalue weighted by Crippen LogP contribution is 2.30. The van der Waals surface area contributed by atoms with Crippen molar-refractivity contribution in [3.05, 3.63) is 40.7 Å². The van der Waals surface area contributed by atoms with Gasteiger partial charge in [-0.05, 0) is 44.0 Å². The number of benzene rings is 1. The Morgan fingerprint density at radius 1 is 1.29 bits per heavy atom. The van der Waals surface area contributed by atoms with Crippen LogP contribution in [0.1, 0.15) is 24.2 Å². The molecule has 1 saturated carbocycles. The Balaban J connectivity index is 1.93. The van der Waals surface area contributed by atoms with Gasteiger partial charge in [-0.25, -0.2) is 9.97 Å². The van der Waals surface area contributed by atoms with Gasteiger partial charge in [-0.15, -0.1) is 0 Å². The third-order valence-corrected chi connectivity index (χ3v) is 3.70. The average Bonchev–Trinajstić information content (AvgIpc) is 3.28. The minimum atomic E-state index is 0.638. The summed E-state index contributed by atoms with van der Waals surface area (Å²) in [4.78, 5) is 9.17. The molecular formula is C16H18ClN3O. The zero-order valence-corrected chi connectivity index (χ0v) is 12.9. The van der Waals surface area contributed by atoms with Crippen LogP contribution < -0.4 is 10.1 Å². The molecule has 4 nitrogen and oxygen atoms in total. The summed E-state index contributed by atoms with van der Waals surface area (Å²) < 4.78 is 5.39. The van der Waals surface area contributed by atoms with E-state index >= 15 is 0 Å². The van der Waals surface area contributed by atoms with Gasteiger partial charge in [0.2, 0.25) is 0 Å². The Morgan fingerprint density at radius 2 is 2.10 bits per heavy atom. The fourth-order valence-corrected chi connectivity index (χ4v) is 2.39. The van der Waals surface area contributed by atoms with Crippen molar-refractivity contribution in [1.29, 1.82) is 0 Å². The highest BCUT2D eigenvalue weighted by Gasteiger charge is 2.20. The van der Waals surface area contributed by atoms with Gasteiger partial charge in [0, 0.05) is 23.3 Å². The highest BCUT2D eigenvalue weighted by molar-refractivity contribution is 6.30. The van der Waals surface area contributed by atoms with Gasteiger partial charge < -0.3 is 10.1 Å². The number of methoxy groups -OCH3 is 1. The van der Waals surface area contributed by atoms with Crippen molar-refractivity contribution in [3.8, 4) is 17.1 Å². The van der Waals surface area contributed by atoms with Gasteiger partial charge in [0.05, 0.1) is 18.4 Å². The van der Waals surface area contributed by atoms with E-state index in [1.807, 2.05) is 25.1 Å². The van der Waals surface area contributed by atoms with Crippen molar-refractivity contribution in [1.82, 2.24) is 15.3 Å². The molecule has 1 aliphatic rings. The van der Waals surface area contributed by atoms with Crippen LogP contribution in [0.4, 0.5) is 0 Å². The molecule has 1 aromatic heterocycles. The Morgan fingerprint density at radius 3 is 2.81 bits per heavy atom. The topological polar surface area (TPSA) is 47.0 Å². The maximum atomic E-state index is 6.01. The molecule has 1 aromatic carbocycles. The van der Waals surface area contributed by atoms with E-state index in [4.69, 9.17) is 16.3 Å². The number of aryl methyl sites for hydroxylation is 1. The summed E-state index contributed by atoms with van der Waals surface area (Å²) in [6.07, 6.45) is 2.53. The number of nitrogens with one attached hydrogen (secondary N) is 1. The first kappa shape index (κ1) is 14.3. The second kappa shape index (κ2) is 6.00. The molecule has 0 amide bonds. The molecule has 21 heavy (non-hydrogen) atoms. The van der Waals surface area contributed by atoms with Gasteiger partial charge in [0.15, 0.2) is 5.82 Å². The smallest absolute Gasteiger partial charge is 0.163 e. The second-order valence-electron chi connectivity index (χ2n) is 5.32. The lowest BCUT2D eigenvalue weighted by atomic mass is 10.1. The zero-order chi connectivity index (χ0) is 14.8. The summed E-state index contributed by atoms with van der Waals surface area (Å²) in [5.41, 5.74) is 2.81. The van der Waals surface area contributed by atoms with Crippen LogP contribution in [0.5, 0.6) is 5.75 Å². The summed E-state index contributed by atoms with van der Waals surface area (Å²) in [5.74, 6) is 1.37. The van der Waals surface area contributed by atoms with Crippen molar-refractivity contribution >= 4 is 11.6 Å². The molecule has 110 valence electrons. The van der Waals surface area contributed by atoms with Gasteiger partial charge in [0.1, 0.15) is 5.75 Å². The van der Waals surface area contributed by atoms with Crippen molar-refractivity contribution < 1.29 is 4.74 Å². The van der Waals surface area contributed by atoms with Crippen molar-refractivity contribution in [2.24, 2.45) is 0 Å². The van der Waals surface area contributed by atoms with Crippen molar-refractivity contribution in [2.45, 2.75) is 32.4 Å². The molecule has 0 spiro atoms. The van der Waals surface area contributed by atoms with Crippen molar-refractivity contribution in [3.63, 3.8) is 0 Å². The molecule has 0 atom stereocenters. The molecule has 0 aliphatic heterocycles. The molecule has 0 saturated heterocycles. The van der Waals surface area contributed by atoms with E-state index < -0.39 is 0 Å². The van der Waals surface area contributed by atoms with Gasteiger partial charge >= 0.3 is 0 Å². The minimum absolute atomic E-state index is 0.638. The largest absolute Gasteiger partial charge is 0.496 e. The summed E-state index contributed by atoms with van der Waals surface area (Å²) in [6, 6.07) is 8.18. The highest BCUT2D eigenvalue weighted by atomic mass is 35.5. The minimum Gasteiger partial charge on any atom is -0.496 e. The SMILES string of the molecule is COc1cc(Cl)ccc1-c1nc(C)cc(CNC2CC2)n1. The quantitative estimate of drug-likeness (QED) is 0.920. The van der Waals surface area contributed by atoms with Gasteiger partial charge in [-0.1, -0.05) is 11.6 Å². The number of halogens is 1. The van der Waals surface area contributed by atoms with Gasteiger partial charge in [0.25, 0.3) is 0 Å². The third-order valence-electron chi connectivity index (χ3n) is 3.46. The predicted molar refractivity (Wildman–Crippen MR) is 83.6 cm³/mol. The average molecular weight is 304 g/mol. The standard InChI is InChI=1S/C16H18ClN3O/c1-10-7-13(9-18-12-4-5-12)20-16(19-10)14-6-3-11(17)8-15(14)21-2/h3,6-8,12,18H,4-5,9H2,1-2H3. The molecule has 0 radical (unpaired) electrons. The lowest BCUT2D eigenvalue weighted by Gasteiger charge is -2.10. The number of hydrogen-bond acceptors (Lipinski definition) is 4.